The highest BCUT2D eigenvalue weighted by molar-refractivity contribution is 6.34. The van der Waals surface area contributed by atoms with E-state index in [0.717, 1.165) is 27.7 Å². The van der Waals surface area contributed by atoms with Gasteiger partial charge in [-0.05, 0) is 42.8 Å². The van der Waals surface area contributed by atoms with Crippen LogP contribution in [0.2, 0.25) is 0 Å². The van der Waals surface area contributed by atoms with Crippen LogP contribution in [0.15, 0.2) is 90.3 Å². The lowest BCUT2D eigenvalue weighted by Gasteiger charge is -2.16. The maximum Gasteiger partial charge on any atom is 0.353 e. The molecule has 0 radical (unpaired) electrons. The molecule has 2 aromatic heterocycles. The van der Waals surface area contributed by atoms with Gasteiger partial charge in [0, 0.05) is 23.3 Å². The second-order valence-electron chi connectivity index (χ2n) is 7.11. The van der Waals surface area contributed by atoms with E-state index in [-0.39, 0.29) is 5.71 Å². The molecule has 0 bridgehead atoms. The van der Waals surface area contributed by atoms with E-state index in [4.69, 9.17) is 14.7 Å². The maximum absolute atomic E-state index is 11.0. The fraction of sp³-hybridized carbons (Fsp3) is 0.120. The number of pyridine rings is 2. The van der Waals surface area contributed by atoms with E-state index in [0.29, 0.717) is 12.4 Å². The van der Waals surface area contributed by atoms with Crippen molar-refractivity contribution in [1.29, 1.82) is 0 Å². The topological polar surface area (TPSA) is 93.9 Å². The molecule has 0 aliphatic rings. The van der Waals surface area contributed by atoms with Crippen molar-refractivity contribution in [3.05, 3.63) is 102 Å². The summed E-state index contributed by atoms with van der Waals surface area (Å²) in [7, 11) is 0. The Balaban J connectivity index is 1.49. The molecule has 0 saturated heterocycles. The predicted molar refractivity (Wildman–Crippen MR) is 120 cm³/mol. The summed E-state index contributed by atoms with van der Waals surface area (Å²) in [6.07, 6.45) is 2.71. The number of oxime groups is 1. The first-order chi connectivity index (χ1) is 15.6. The van der Waals surface area contributed by atoms with Gasteiger partial charge in [0.05, 0.1) is 11.2 Å². The predicted octanol–water partition coefficient (Wildman–Crippen LogP) is 4.78. The van der Waals surface area contributed by atoms with Crippen LogP contribution in [-0.4, -0.2) is 26.8 Å². The van der Waals surface area contributed by atoms with Gasteiger partial charge in [0.1, 0.15) is 12.4 Å². The van der Waals surface area contributed by atoms with Crippen molar-refractivity contribution < 1.29 is 19.5 Å². The Bertz CT molecular complexity index is 1240. The molecule has 0 fully saturated rings. The van der Waals surface area contributed by atoms with Crippen molar-refractivity contribution >= 4 is 22.6 Å². The quantitative estimate of drug-likeness (QED) is 0.321. The Kier molecular flexibility index (Phi) is 6.36. The lowest BCUT2D eigenvalue weighted by molar-refractivity contribution is -0.129. The number of carboxylic acids is 1. The Morgan fingerprint density at radius 2 is 1.81 bits per heavy atom. The summed E-state index contributed by atoms with van der Waals surface area (Å²) in [5, 5.41) is 13.9. The summed E-state index contributed by atoms with van der Waals surface area (Å²) in [6.45, 7) is 1.72. The van der Waals surface area contributed by atoms with Gasteiger partial charge in [-0.25, -0.2) is 9.78 Å². The van der Waals surface area contributed by atoms with Crippen LogP contribution >= 0.6 is 0 Å². The van der Waals surface area contributed by atoms with Crippen LogP contribution < -0.4 is 4.74 Å². The lowest BCUT2D eigenvalue weighted by atomic mass is 10.0. The normalized spacial score (nSPS) is 12.3. The fourth-order valence-corrected chi connectivity index (χ4v) is 3.10. The third kappa shape index (κ3) is 5.07. The molecule has 1 N–H and O–H groups in total. The van der Waals surface area contributed by atoms with Gasteiger partial charge in [0.2, 0.25) is 0 Å². The van der Waals surface area contributed by atoms with E-state index in [1.807, 2.05) is 66.7 Å². The van der Waals surface area contributed by atoms with Crippen molar-refractivity contribution in [3.63, 3.8) is 0 Å². The molecular formula is C25H21N3O4. The molecule has 0 spiro atoms. The molecule has 4 rings (SSSR count). The molecule has 0 aliphatic heterocycles. The van der Waals surface area contributed by atoms with Gasteiger partial charge in [-0.15, -0.1) is 0 Å². The van der Waals surface area contributed by atoms with Crippen LogP contribution in [0.25, 0.3) is 10.9 Å². The molecular weight excluding hydrogens is 406 g/mol. The van der Waals surface area contributed by atoms with E-state index in [2.05, 4.69) is 15.1 Å². The van der Waals surface area contributed by atoms with Crippen LogP contribution in [0, 0.1) is 0 Å². The van der Waals surface area contributed by atoms with E-state index < -0.39 is 12.1 Å². The first-order valence-electron chi connectivity index (χ1n) is 10.0. The van der Waals surface area contributed by atoms with Crippen LogP contribution in [0.4, 0.5) is 0 Å². The number of hydrogen-bond acceptors (Lipinski definition) is 6. The fourth-order valence-electron chi connectivity index (χ4n) is 3.10. The second-order valence-corrected chi connectivity index (χ2v) is 7.11. The number of para-hydroxylation sites is 1. The van der Waals surface area contributed by atoms with Gasteiger partial charge < -0.3 is 14.7 Å². The molecule has 4 aromatic rings. The Morgan fingerprint density at radius 1 is 1.00 bits per heavy atom. The van der Waals surface area contributed by atoms with E-state index in [1.165, 1.54) is 6.92 Å². The third-order valence-electron chi connectivity index (χ3n) is 4.82. The highest BCUT2D eigenvalue weighted by atomic mass is 16.6. The monoisotopic (exact) mass is 427 g/mol. The molecule has 160 valence electrons. The summed E-state index contributed by atoms with van der Waals surface area (Å²) in [4.78, 5) is 25.3. The van der Waals surface area contributed by atoms with E-state index in [9.17, 15) is 4.79 Å². The average molecular weight is 427 g/mol. The Hall–Kier alpha value is -4.26. The summed E-state index contributed by atoms with van der Waals surface area (Å²) >= 11 is 0. The van der Waals surface area contributed by atoms with Crippen LogP contribution in [0.3, 0.4) is 0 Å². The van der Waals surface area contributed by atoms with Gasteiger partial charge in [-0.3, -0.25) is 4.98 Å². The number of fused-ring (bicyclic) bond motifs is 1. The first-order valence-corrected chi connectivity index (χ1v) is 10.0. The highest BCUT2D eigenvalue weighted by Crippen LogP contribution is 2.28. The van der Waals surface area contributed by atoms with Crippen molar-refractivity contribution in [2.75, 3.05) is 0 Å². The van der Waals surface area contributed by atoms with Crippen molar-refractivity contribution in [2.24, 2.45) is 5.16 Å². The second kappa shape index (κ2) is 9.70. The number of hydrogen-bond donors (Lipinski definition) is 1. The molecule has 0 amide bonds. The molecule has 1 unspecified atom stereocenters. The van der Waals surface area contributed by atoms with Gasteiger partial charge >= 0.3 is 5.97 Å². The average Bonchev–Trinajstić information content (AvgIpc) is 2.84. The summed E-state index contributed by atoms with van der Waals surface area (Å²) in [5.41, 5.74) is 3.17. The number of aliphatic carboxylic acids is 1. The smallest absolute Gasteiger partial charge is 0.353 e. The Labute approximate surface area is 185 Å². The van der Waals surface area contributed by atoms with Gasteiger partial charge in [-0.2, -0.15) is 0 Å². The summed E-state index contributed by atoms with van der Waals surface area (Å²) in [6, 6.07) is 22.9. The van der Waals surface area contributed by atoms with Gasteiger partial charge in [-0.1, -0.05) is 47.6 Å². The third-order valence-corrected chi connectivity index (χ3v) is 4.82. The zero-order chi connectivity index (χ0) is 22.3. The molecule has 2 aromatic carbocycles. The van der Waals surface area contributed by atoms with Gasteiger partial charge in [0.15, 0.2) is 11.8 Å². The zero-order valence-electron chi connectivity index (χ0n) is 17.4. The molecule has 32 heavy (non-hydrogen) atoms. The first kappa shape index (κ1) is 21.0. The minimum atomic E-state index is -1.14. The van der Waals surface area contributed by atoms with Crippen molar-refractivity contribution in [2.45, 2.75) is 19.6 Å². The minimum absolute atomic E-state index is 0.137. The zero-order valence-corrected chi connectivity index (χ0v) is 17.4. The van der Waals surface area contributed by atoms with Crippen molar-refractivity contribution in [1.82, 2.24) is 9.97 Å². The maximum atomic E-state index is 11.0. The van der Waals surface area contributed by atoms with E-state index >= 15 is 0 Å². The SMILES string of the molecule is C/C(=N\OC(c1ccc(OCc2ccc3ccccc3n2)cc1)c1cccnc1)C(=O)O. The van der Waals surface area contributed by atoms with Crippen molar-refractivity contribution in [3.8, 4) is 5.75 Å². The number of carboxylic acid groups (broad SMARTS) is 1. The molecule has 0 aliphatic carbocycles. The molecule has 7 nitrogen and oxygen atoms in total. The van der Waals surface area contributed by atoms with E-state index in [1.54, 1.807) is 18.5 Å². The number of rotatable bonds is 8. The molecule has 2 heterocycles. The lowest BCUT2D eigenvalue weighted by Crippen LogP contribution is -2.11. The molecule has 1 atom stereocenters. The van der Waals surface area contributed by atoms with Crippen LogP contribution in [0.1, 0.15) is 29.8 Å². The summed E-state index contributed by atoms with van der Waals surface area (Å²) < 4.78 is 5.89. The summed E-state index contributed by atoms with van der Waals surface area (Å²) in [5.74, 6) is -0.458. The Morgan fingerprint density at radius 3 is 2.56 bits per heavy atom. The largest absolute Gasteiger partial charge is 0.487 e. The number of nitrogens with zero attached hydrogens (tertiary/aromatic N) is 3. The minimum Gasteiger partial charge on any atom is -0.487 e. The van der Waals surface area contributed by atoms with Gasteiger partial charge in [0.25, 0.3) is 0 Å². The number of ether oxygens (including phenoxy) is 1. The highest BCUT2D eigenvalue weighted by Gasteiger charge is 2.17. The standard InChI is InChI=1S/C25H21N3O4/c1-17(25(29)30)28-32-24(20-6-4-14-26-15-20)19-9-12-22(13-10-19)31-16-21-11-8-18-5-2-3-7-23(18)27-21/h2-15,24H,16H2,1H3,(H,29,30)/b28-17+. The molecule has 7 heteroatoms. The molecule has 0 saturated carbocycles. The number of carbonyl (C=O) groups is 1. The van der Waals surface area contributed by atoms with Crippen LogP contribution in [-0.2, 0) is 16.2 Å². The number of benzene rings is 2. The number of aromatic nitrogens is 2. The van der Waals surface area contributed by atoms with Crippen LogP contribution in [0.5, 0.6) is 5.75 Å².